The summed E-state index contributed by atoms with van der Waals surface area (Å²) in [6.45, 7) is 2.94. The van der Waals surface area contributed by atoms with Crippen LogP contribution in [0.15, 0.2) is 17.5 Å². The Bertz CT molecular complexity index is 544. The van der Waals surface area contributed by atoms with Crippen LogP contribution in [0.3, 0.4) is 0 Å². The number of thiophene rings is 1. The summed E-state index contributed by atoms with van der Waals surface area (Å²) in [6.07, 6.45) is 4.74. The van der Waals surface area contributed by atoms with Gasteiger partial charge in [0.25, 0.3) is 5.91 Å². The second-order valence-corrected chi connectivity index (χ2v) is 7.44. The van der Waals surface area contributed by atoms with E-state index in [1.54, 1.807) is 4.90 Å². The van der Waals surface area contributed by atoms with E-state index in [0.717, 1.165) is 50.1 Å². The smallest absolute Gasteiger partial charge is 0.264 e. The van der Waals surface area contributed by atoms with Gasteiger partial charge in [-0.3, -0.25) is 9.59 Å². The number of carbonyl (C=O) groups excluding carboxylic acids is 2. The van der Waals surface area contributed by atoms with E-state index in [9.17, 15) is 9.59 Å². The number of amides is 2. The lowest BCUT2D eigenvalue weighted by molar-refractivity contribution is -0.138. The summed E-state index contributed by atoms with van der Waals surface area (Å²) in [6, 6.07) is 3.44. The third kappa shape index (κ3) is 4.10. The van der Waals surface area contributed by atoms with Gasteiger partial charge in [0.15, 0.2) is 0 Å². The van der Waals surface area contributed by atoms with Crippen LogP contribution in [0.1, 0.15) is 41.8 Å². The van der Waals surface area contributed by atoms with Crippen LogP contribution in [0.2, 0.25) is 0 Å². The number of halogens is 1. The zero-order valence-corrected chi connectivity index (χ0v) is 15.5. The highest BCUT2D eigenvalue weighted by molar-refractivity contribution is 7.12. The molecule has 3 rings (SSSR count). The van der Waals surface area contributed by atoms with Crippen LogP contribution in [0.25, 0.3) is 0 Å². The topological polar surface area (TPSA) is 66.6 Å². The van der Waals surface area contributed by atoms with Crippen molar-refractivity contribution in [3.63, 3.8) is 0 Å². The van der Waals surface area contributed by atoms with Crippen molar-refractivity contribution in [2.75, 3.05) is 26.2 Å². The maximum Gasteiger partial charge on any atom is 0.264 e. The lowest BCUT2D eigenvalue weighted by Gasteiger charge is -2.39. The highest BCUT2D eigenvalue weighted by Crippen LogP contribution is 2.25. The first-order valence-electron chi connectivity index (χ1n) is 8.54. The fourth-order valence-corrected chi connectivity index (χ4v) is 4.25. The quantitative estimate of drug-likeness (QED) is 0.886. The van der Waals surface area contributed by atoms with Crippen molar-refractivity contribution < 1.29 is 9.59 Å². The zero-order chi connectivity index (χ0) is 16.2. The number of hydrogen-bond donors (Lipinski definition) is 1. The van der Waals surface area contributed by atoms with Crippen LogP contribution in [0.4, 0.5) is 0 Å². The molecular formula is C17H26ClN3O2S. The summed E-state index contributed by atoms with van der Waals surface area (Å²) >= 11 is 1.45. The maximum absolute atomic E-state index is 12.9. The molecule has 134 valence electrons. The van der Waals surface area contributed by atoms with Crippen LogP contribution in [0, 0.1) is 5.92 Å². The zero-order valence-electron chi connectivity index (χ0n) is 13.9. The normalized spacial score (nSPS) is 22.1. The Hall–Kier alpha value is -1.11. The number of nitrogens with two attached hydrogens (primary N) is 1. The molecule has 2 N–H and O–H groups in total. The predicted molar refractivity (Wildman–Crippen MR) is 98.6 cm³/mol. The largest absolute Gasteiger partial charge is 0.341 e. The highest BCUT2D eigenvalue weighted by atomic mass is 35.5. The van der Waals surface area contributed by atoms with Gasteiger partial charge in [-0.15, -0.1) is 23.7 Å². The van der Waals surface area contributed by atoms with Gasteiger partial charge in [-0.1, -0.05) is 6.07 Å². The summed E-state index contributed by atoms with van der Waals surface area (Å²) in [5.41, 5.74) is 5.73. The lowest BCUT2D eigenvalue weighted by Crippen LogP contribution is -2.54. The number of piperidine rings is 2. The first kappa shape index (κ1) is 19.2. The molecule has 24 heavy (non-hydrogen) atoms. The van der Waals surface area contributed by atoms with Crippen LogP contribution < -0.4 is 5.73 Å². The number of carbonyl (C=O) groups is 2. The molecule has 7 heteroatoms. The van der Waals surface area contributed by atoms with E-state index in [2.05, 4.69) is 0 Å². The van der Waals surface area contributed by atoms with Crippen LogP contribution in [-0.2, 0) is 4.79 Å². The molecule has 1 aromatic rings. The summed E-state index contributed by atoms with van der Waals surface area (Å²) in [4.78, 5) is 30.1. The average Bonchev–Trinajstić information content (AvgIpc) is 3.15. The second-order valence-electron chi connectivity index (χ2n) is 6.49. The molecule has 2 aliphatic heterocycles. The standard InChI is InChI=1S/C17H25N3O2S.ClH/c18-12-13-6-9-19(10-7-13)16(21)14-4-1-2-8-20(14)17(22)15-5-3-11-23-15;/h3,5,11,13-14H,1-2,4,6-10,12,18H2;1H. The van der Waals surface area contributed by atoms with Gasteiger partial charge < -0.3 is 15.5 Å². The van der Waals surface area contributed by atoms with Gasteiger partial charge in [0, 0.05) is 19.6 Å². The minimum Gasteiger partial charge on any atom is -0.341 e. The van der Waals surface area contributed by atoms with Crippen molar-refractivity contribution in [3.05, 3.63) is 22.4 Å². The summed E-state index contributed by atoms with van der Waals surface area (Å²) in [7, 11) is 0. The van der Waals surface area contributed by atoms with E-state index >= 15 is 0 Å². The van der Waals surface area contributed by atoms with E-state index in [-0.39, 0.29) is 30.3 Å². The molecule has 1 atom stereocenters. The molecule has 0 radical (unpaired) electrons. The Morgan fingerprint density at radius 2 is 1.92 bits per heavy atom. The van der Waals surface area contributed by atoms with Gasteiger partial charge in [-0.2, -0.15) is 0 Å². The molecule has 0 spiro atoms. The molecular weight excluding hydrogens is 346 g/mol. The molecule has 0 bridgehead atoms. The van der Waals surface area contributed by atoms with Gasteiger partial charge in [0.2, 0.25) is 5.91 Å². The average molecular weight is 372 g/mol. The lowest BCUT2D eigenvalue weighted by atomic mass is 9.95. The van der Waals surface area contributed by atoms with E-state index in [4.69, 9.17) is 5.73 Å². The summed E-state index contributed by atoms with van der Waals surface area (Å²) < 4.78 is 0. The summed E-state index contributed by atoms with van der Waals surface area (Å²) in [5.74, 6) is 0.675. The Labute approximate surface area is 153 Å². The van der Waals surface area contributed by atoms with Crippen molar-refractivity contribution >= 4 is 35.6 Å². The van der Waals surface area contributed by atoms with Crippen LogP contribution in [-0.4, -0.2) is 53.8 Å². The SMILES string of the molecule is Cl.NCC1CCN(C(=O)C2CCCCN2C(=O)c2cccs2)CC1. The van der Waals surface area contributed by atoms with Gasteiger partial charge in [-0.25, -0.2) is 0 Å². The monoisotopic (exact) mass is 371 g/mol. The minimum atomic E-state index is -0.284. The third-order valence-electron chi connectivity index (χ3n) is 5.04. The Morgan fingerprint density at radius 1 is 1.17 bits per heavy atom. The van der Waals surface area contributed by atoms with E-state index in [1.165, 1.54) is 11.3 Å². The Kier molecular flexibility index (Phi) is 7.07. The Balaban J connectivity index is 0.00000208. The van der Waals surface area contributed by atoms with Gasteiger partial charge in [-0.05, 0) is 56.0 Å². The van der Waals surface area contributed by atoms with Crippen molar-refractivity contribution in [3.8, 4) is 0 Å². The van der Waals surface area contributed by atoms with Crippen LogP contribution >= 0.6 is 23.7 Å². The first-order chi connectivity index (χ1) is 11.2. The molecule has 2 aliphatic rings. The number of rotatable bonds is 3. The fourth-order valence-electron chi connectivity index (χ4n) is 3.57. The Morgan fingerprint density at radius 3 is 2.54 bits per heavy atom. The minimum absolute atomic E-state index is 0. The van der Waals surface area contributed by atoms with Crippen molar-refractivity contribution in [2.24, 2.45) is 11.7 Å². The van der Waals surface area contributed by atoms with E-state index in [0.29, 0.717) is 19.0 Å². The van der Waals surface area contributed by atoms with Crippen molar-refractivity contribution in [1.82, 2.24) is 9.80 Å². The van der Waals surface area contributed by atoms with Gasteiger partial charge >= 0.3 is 0 Å². The van der Waals surface area contributed by atoms with Gasteiger partial charge in [0.05, 0.1) is 4.88 Å². The molecule has 1 unspecified atom stereocenters. The number of hydrogen-bond acceptors (Lipinski definition) is 4. The third-order valence-corrected chi connectivity index (χ3v) is 5.90. The molecule has 2 amide bonds. The maximum atomic E-state index is 12.9. The van der Waals surface area contributed by atoms with E-state index in [1.807, 2.05) is 22.4 Å². The highest BCUT2D eigenvalue weighted by Gasteiger charge is 2.36. The number of likely N-dealkylation sites (tertiary alicyclic amines) is 2. The molecule has 2 saturated heterocycles. The molecule has 0 saturated carbocycles. The van der Waals surface area contributed by atoms with Crippen molar-refractivity contribution in [2.45, 2.75) is 38.1 Å². The first-order valence-corrected chi connectivity index (χ1v) is 9.42. The van der Waals surface area contributed by atoms with E-state index < -0.39 is 0 Å². The molecule has 2 fully saturated rings. The van der Waals surface area contributed by atoms with Gasteiger partial charge in [0.1, 0.15) is 6.04 Å². The summed E-state index contributed by atoms with van der Waals surface area (Å²) in [5, 5.41) is 1.91. The van der Waals surface area contributed by atoms with Crippen molar-refractivity contribution in [1.29, 1.82) is 0 Å². The van der Waals surface area contributed by atoms with Crippen LogP contribution in [0.5, 0.6) is 0 Å². The molecule has 0 aliphatic carbocycles. The number of nitrogens with zero attached hydrogens (tertiary/aromatic N) is 2. The molecule has 0 aromatic carbocycles. The predicted octanol–water partition coefficient (Wildman–Crippen LogP) is 2.36. The fraction of sp³-hybridized carbons (Fsp3) is 0.647. The second kappa shape index (κ2) is 8.83. The molecule has 3 heterocycles. The molecule has 1 aromatic heterocycles. The molecule has 5 nitrogen and oxygen atoms in total.